The zero-order valence-corrected chi connectivity index (χ0v) is 10.5. The van der Waals surface area contributed by atoms with Crippen LogP contribution in [0.4, 0.5) is 0 Å². The van der Waals surface area contributed by atoms with Gasteiger partial charge in [-0.05, 0) is 33.4 Å². The van der Waals surface area contributed by atoms with Crippen molar-refractivity contribution in [3.8, 4) is 16.5 Å². The van der Waals surface area contributed by atoms with E-state index in [1.165, 1.54) is 0 Å². The summed E-state index contributed by atoms with van der Waals surface area (Å²) in [5.74, 6) is 1.13. The van der Waals surface area contributed by atoms with E-state index in [2.05, 4.69) is 20.9 Å². The number of nitrogens with zero attached hydrogens (tertiary/aromatic N) is 2. The van der Waals surface area contributed by atoms with Crippen molar-refractivity contribution in [1.82, 2.24) is 9.38 Å². The van der Waals surface area contributed by atoms with Crippen LogP contribution in [0, 0.1) is 0 Å². The summed E-state index contributed by atoms with van der Waals surface area (Å²) in [6.45, 7) is 0. The van der Waals surface area contributed by atoms with Crippen LogP contribution in [0.2, 0.25) is 0 Å². The van der Waals surface area contributed by atoms with Gasteiger partial charge in [-0.25, -0.2) is 4.98 Å². The van der Waals surface area contributed by atoms with Gasteiger partial charge in [-0.1, -0.05) is 6.07 Å². The van der Waals surface area contributed by atoms with E-state index in [-0.39, 0.29) is 5.75 Å². The number of pyridine rings is 1. The molecule has 0 radical (unpaired) electrons. The van der Waals surface area contributed by atoms with Gasteiger partial charge in [0.05, 0.1) is 10.4 Å². The number of hydrogen-bond acceptors (Lipinski definition) is 3. The van der Waals surface area contributed by atoms with Gasteiger partial charge in [-0.2, -0.15) is 0 Å². The van der Waals surface area contributed by atoms with Gasteiger partial charge in [0.15, 0.2) is 5.82 Å². The molecule has 0 atom stereocenters. The smallest absolute Gasteiger partial charge is 0.156 e. The number of aromatic nitrogens is 2. The molecule has 0 aromatic carbocycles. The van der Waals surface area contributed by atoms with Crippen LogP contribution in [0.1, 0.15) is 0 Å². The summed E-state index contributed by atoms with van der Waals surface area (Å²) < 4.78 is 2.70. The number of thiophene rings is 1. The summed E-state index contributed by atoms with van der Waals surface area (Å²) >= 11 is 5.04. The Morgan fingerprint density at radius 3 is 3.00 bits per heavy atom. The second-order valence-corrected chi connectivity index (χ2v) is 5.04. The Balaban J connectivity index is 2.35. The lowest BCUT2D eigenvalue weighted by molar-refractivity contribution is 0.475. The molecule has 0 fully saturated rings. The minimum Gasteiger partial charge on any atom is -0.508 e. The number of aromatic hydroxyl groups is 1. The maximum absolute atomic E-state index is 9.44. The highest BCUT2D eigenvalue weighted by atomic mass is 79.9. The van der Waals surface area contributed by atoms with Crippen LogP contribution in [0.25, 0.3) is 16.2 Å². The fourth-order valence-corrected chi connectivity index (χ4v) is 2.80. The minimum absolute atomic E-state index is 0.242. The van der Waals surface area contributed by atoms with E-state index in [1.807, 2.05) is 28.1 Å². The summed E-state index contributed by atoms with van der Waals surface area (Å²) in [6.07, 6.45) is 1.82. The van der Waals surface area contributed by atoms with Crippen LogP contribution in [0.5, 0.6) is 5.75 Å². The largest absolute Gasteiger partial charge is 0.508 e. The highest BCUT2D eigenvalue weighted by Gasteiger charge is 2.11. The topological polar surface area (TPSA) is 37.5 Å². The van der Waals surface area contributed by atoms with Crippen molar-refractivity contribution in [3.05, 3.63) is 40.4 Å². The third-order valence-electron chi connectivity index (χ3n) is 2.32. The molecule has 16 heavy (non-hydrogen) atoms. The lowest BCUT2D eigenvalue weighted by Crippen LogP contribution is -1.85. The number of fused-ring (bicyclic) bond motifs is 1. The van der Waals surface area contributed by atoms with E-state index in [0.717, 1.165) is 20.8 Å². The molecule has 0 spiro atoms. The first kappa shape index (κ1) is 9.86. The van der Waals surface area contributed by atoms with Crippen LogP contribution in [0.3, 0.4) is 0 Å². The molecule has 0 unspecified atom stereocenters. The normalized spacial score (nSPS) is 11.1. The third kappa shape index (κ3) is 1.44. The lowest BCUT2D eigenvalue weighted by atomic mass is 10.4. The van der Waals surface area contributed by atoms with Crippen molar-refractivity contribution in [2.24, 2.45) is 0 Å². The second kappa shape index (κ2) is 3.61. The second-order valence-electron chi connectivity index (χ2n) is 3.34. The molecule has 80 valence electrons. The van der Waals surface area contributed by atoms with Gasteiger partial charge >= 0.3 is 0 Å². The number of hydrogen-bond donors (Lipinski definition) is 1. The fourth-order valence-electron chi connectivity index (χ4n) is 1.62. The first-order valence-electron chi connectivity index (χ1n) is 4.66. The Bertz CT molecular complexity index is 645. The van der Waals surface area contributed by atoms with Gasteiger partial charge in [0.1, 0.15) is 10.4 Å². The van der Waals surface area contributed by atoms with Crippen molar-refractivity contribution < 1.29 is 5.11 Å². The standard InChI is InChI=1S/C11H7BrN2OS/c12-10-8-6-7(15)3-4-14(8)11(13-10)9-2-1-5-16-9/h1-6,15H. The average Bonchev–Trinajstić information content (AvgIpc) is 2.87. The number of imidazole rings is 1. The Hall–Kier alpha value is -1.33. The van der Waals surface area contributed by atoms with Crippen LogP contribution in [0.15, 0.2) is 40.4 Å². The molecule has 3 rings (SSSR count). The Kier molecular flexibility index (Phi) is 2.22. The molecule has 3 nitrogen and oxygen atoms in total. The SMILES string of the molecule is Oc1ccn2c(-c3cccs3)nc(Br)c2c1. The summed E-state index contributed by atoms with van der Waals surface area (Å²) in [7, 11) is 0. The maximum Gasteiger partial charge on any atom is 0.156 e. The van der Waals surface area contributed by atoms with Crippen molar-refractivity contribution in [3.63, 3.8) is 0 Å². The minimum atomic E-state index is 0.242. The summed E-state index contributed by atoms with van der Waals surface area (Å²) in [5, 5.41) is 11.5. The van der Waals surface area contributed by atoms with Gasteiger partial charge in [0, 0.05) is 12.3 Å². The monoisotopic (exact) mass is 294 g/mol. The van der Waals surface area contributed by atoms with Crippen LogP contribution >= 0.6 is 27.3 Å². The highest BCUT2D eigenvalue weighted by molar-refractivity contribution is 9.10. The van der Waals surface area contributed by atoms with E-state index in [0.29, 0.717) is 0 Å². The van der Waals surface area contributed by atoms with Gasteiger partial charge in [0.25, 0.3) is 0 Å². The first-order chi connectivity index (χ1) is 7.75. The molecule has 3 heterocycles. The number of rotatable bonds is 1. The molecule has 0 aliphatic rings. The predicted molar refractivity (Wildman–Crippen MR) is 67.9 cm³/mol. The van der Waals surface area contributed by atoms with Gasteiger partial charge < -0.3 is 5.11 Å². The van der Waals surface area contributed by atoms with E-state index in [1.54, 1.807) is 23.5 Å². The molecular weight excluding hydrogens is 288 g/mol. The zero-order valence-electron chi connectivity index (χ0n) is 8.09. The molecule has 0 bridgehead atoms. The quantitative estimate of drug-likeness (QED) is 0.745. The lowest BCUT2D eigenvalue weighted by Gasteiger charge is -1.98. The third-order valence-corrected chi connectivity index (χ3v) is 3.77. The van der Waals surface area contributed by atoms with Crippen LogP contribution in [-0.2, 0) is 0 Å². The van der Waals surface area contributed by atoms with Gasteiger partial charge in [-0.15, -0.1) is 11.3 Å². The zero-order chi connectivity index (χ0) is 11.1. The van der Waals surface area contributed by atoms with Crippen molar-refractivity contribution >= 4 is 32.8 Å². The Labute approximate surface area is 104 Å². The molecule has 5 heteroatoms. The molecule has 0 amide bonds. The van der Waals surface area contributed by atoms with E-state index >= 15 is 0 Å². The van der Waals surface area contributed by atoms with Crippen LogP contribution in [-0.4, -0.2) is 14.5 Å². The van der Waals surface area contributed by atoms with Crippen molar-refractivity contribution in [1.29, 1.82) is 0 Å². The first-order valence-corrected chi connectivity index (χ1v) is 6.33. The van der Waals surface area contributed by atoms with Crippen molar-refractivity contribution in [2.75, 3.05) is 0 Å². The molecule has 1 N–H and O–H groups in total. The van der Waals surface area contributed by atoms with E-state index in [4.69, 9.17) is 0 Å². The van der Waals surface area contributed by atoms with E-state index in [9.17, 15) is 5.11 Å². The summed E-state index contributed by atoms with van der Waals surface area (Å²) in [5.41, 5.74) is 0.864. The van der Waals surface area contributed by atoms with Crippen LogP contribution < -0.4 is 0 Å². The molecule has 0 saturated carbocycles. The summed E-state index contributed by atoms with van der Waals surface area (Å²) in [4.78, 5) is 5.56. The predicted octanol–water partition coefficient (Wildman–Crippen LogP) is 3.53. The Morgan fingerprint density at radius 1 is 1.38 bits per heavy atom. The van der Waals surface area contributed by atoms with E-state index < -0.39 is 0 Å². The highest BCUT2D eigenvalue weighted by Crippen LogP contribution is 2.30. The summed E-state index contributed by atoms with van der Waals surface area (Å²) in [6, 6.07) is 7.36. The molecule has 3 aromatic heterocycles. The van der Waals surface area contributed by atoms with Gasteiger partial charge in [0.2, 0.25) is 0 Å². The molecule has 0 aliphatic heterocycles. The van der Waals surface area contributed by atoms with Gasteiger partial charge in [-0.3, -0.25) is 4.40 Å². The maximum atomic E-state index is 9.44. The van der Waals surface area contributed by atoms with Crippen molar-refractivity contribution in [2.45, 2.75) is 0 Å². The Morgan fingerprint density at radius 2 is 2.25 bits per heavy atom. The average molecular weight is 295 g/mol. The molecule has 0 saturated heterocycles. The molecular formula is C11H7BrN2OS. The molecule has 3 aromatic rings. The number of halogens is 1. The fraction of sp³-hybridized carbons (Fsp3) is 0. The molecule has 0 aliphatic carbocycles.